The molecule has 0 radical (unpaired) electrons. The molecule has 1 aromatic heterocycles. The number of ether oxygens (including phenoxy) is 1. The molecule has 28 heavy (non-hydrogen) atoms. The second-order valence-corrected chi connectivity index (χ2v) is 7.40. The normalized spacial score (nSPS) is 19.4. The van der Waals surface area contributed by atoms with Gasteiger partial charge in [-0.1, -0.05) is 0 Å². The Balaban J connectivity index is 1.63. The van der Waals surface area contributed by atoms with Crippen molar-refractivity contribution in [3.05, 3.63) is 58.9 Å². The fraction of sp³-hybridized carbons (Fsp3) is 0.381. The highest BCUT2D eigenvalue weighted by Gasteiger charge is 2.35. The summed E-state index contributed by atoms with van der Waals surface area (Å²) in [6.45, 7) is 0.801. The number of aliphatic imine (C=N–C) groups is 1. The third kappa shape index (κ3) is 2.86. The third-order valence-corrected chi connectivity index (χ3v) is 5.50. The predicted octanol–water partition coefficient (Wildman–Crippen LogP) is 2.73. The monoisotopic (exact) mass is 381 g/mol. The van der Waals surface area contributed by atoms with E-state index in [1.165, 1.54) is 6.07 Å². The van der Waals surface area contributed by atoms with Crippen molar-refractivity contribution in [2.75, 3.05) is 20.2 Å². The SMILES string of the molecule is [2H]c1nc(COC)cn1C1=NCC(=O)N2CCc3c(ccc(F)c3C3CC3)C2=C1. The molecule has 1 aromatic carbocycles. The van der Waals surface area contributed by atoms with Gasteiger partial charge in [0.15, 0.2) is 0 Å². The minimum Gasteiger partial charge on any atom is -0.378 e. The van der Waals surface area contributed by atoms with Crippen LogP contribution >= 0.6 is 0 Å². The first kappa shape index (κ1) is 16.2. The highest BCUT2D eigenvalue weighted by Crippen LogP contribution is 2.46. The van der Waals surface area contributed by atoms with Crippen molar-refractivity contribution in [2.24, 2.45) is 4.99 Å². The number of benzene rings is 1. The average molecular weight is 381 g/mol. The summed E-state index contributed by atoms with van der Waals surface area (Å²) in [5.74, 6) is 0.511. The maximum atomic E-state index is 14.5. The summed E-state index contributed by atoms with van der Waals surface area (Å²) in [5.41, 5.74) is 4.03. The smallest absolute Gasteiger partial charge is 0.248 e. The number of fused-ring (bicyclic) bond motifs is 3. The van der Waals surface area contributed by atoms with Gasteiger partial charge in [-0.3, -0.25) is 14.4 Å². The van der Waals surface area contributed by atoms with E-state index in [9.17, 15) is 9.18 Å². The molecule has 0 bridgehead atoms. The summed E-state index contributed by atoms with van der Waals surface area (Å²) in [7, 11) is 1.57. The first-order chi connectivity index (χ1) is 14.1. The lowest BCUT2D eigenvalue weighted by molar-refractivity contribution is -0.126. The summed E-state index contributed by atoms with van der Waals surface area (Å²) in [6.07, 6.45) is 6.22. The lowest BCUT2D eigenvalue weighted by Gasteiger charge is -2.32. The number of imidazole rings is 1. The van der Waals surface area contributed by atoms with Crippen molar-refractivity contribution in [1.29, 1.82) is 0 Å². The molecule has 0 atom stereocenters. The van der Waals surface area contributed by atoms with Gasteiger partial charge in [0, 0.05) is 31.5 Å². The largest absolute Gasteiger partial charge is 0.378 e. The lowest BCUT2D eigenvalue weighted by atomic mass is 9.89. The number of amides is 1. The van der Waals surface area contributed by atoms with E-state index in [2.05, 4.69) is 9.98 Å². The molecule has 1 amide bonds. The zero-order chi connectivity index (χ0) is 20.1. The second kappa shape index (κ2) is 6.67. The number of halogens is 1. The molecule has 1 aliphatic carbocycles. The number of allylic oxidation sites excluding steroid dienone is 1. The molecule has 3 aliphatic rings. The van der Waals surface area contributed by atoms with Crippen LogP contribution in [0.3, 0.4) is 0 Å². The van der Waals surface area contributed by atoms with Crippen LogP contribution in [-0.4, -0.2) is 46.4 Å². The highest BCUT2D eigenvalue weighted by atomic mass is 19.1. The van der Waals surface area contributed by atoms with Gasteiger partial charge in [0.2, 0.25) is 5.91 Å². The van der Waals surface area contributed by atoms with Crippen LogP contribution in [0.15, 0.2) is 35.7 Å². The molecular formula is C21H21FN4O2. The van der Waals surface area contributed by atoms with E-state index in [0.29, 0.717) is 31.1 Å². The van der Waals surface area contributed by atoms with Crippen LogP contribution in [0, 0.1) is 5.82 Å². The van der Waals surface area contributed by atoms with Gasteiger partial charge in [-0.25, -0.2) is 9.37 Å². The summed E-state index contributed by atoms with van der Waals surface area (Å²) in [4.78, 5) is 23.1. The fourth-order valence-electron chi connectivity index (χ4n) is 4.07. The molecule has 2 aromatic rings. The van der Waals surface area contributed by atoms with Crippen LogP contribution in [0.5, 0.6) is 0 Å². The summed E-state index contributed by atoms with van der Waals surface area (Å²) in [6, 6.07) is 3.27. The van der Waals surface area contributed by atoms with Gasteiger partial charge < -0.3 is 9.64 Å². The highest BCUT2D eigenvalue weighted by molar-refractivity contribution is 6.06. The maximum absolute atomic E-state index is 14.5. The van der Waals surface area contributed by atoms with Crippen LogP contribution in [0.25, 0.3) is 5.70 Å². The van der Waals surface area contributed by atoms with Crippen molar-refractivity contribution in [1.82, 2.24) is 14.5 Å². The number of carbonyl (C=O) groups excluding carboxylic acids is 1. The number of hydrogen-bond donors (Lipinski definition) is 0. The molecule has 0 unspecified atom stereocenters. The van der Waals surface area contributed by atoms with Crippen molar-refractivity contribution >= 4 is 17.4 Å². The number of hydrogen-bond acceptors (Lipinski definition) is 4. The van der Waals surface area contributed by atoms with Gasteiger partial charge in [0.1, 0.15) is 25.9 Å². The number of rotatable bonds is 3. The molecule has 0 N–H and O–H groups in total. The Bertz CT molecular complexity index is 1070. The van der Waals surface area contributed by atoms with Gasteiger partial charge in [0.25, 0.3) is 0 Å². The Hall–Kier alpha value is -2.80. The van der Waals surface area contributed by atoms with Gasteiger partial charge in [-0.05, 0) is 48.4 Å². The molecule has 0 saturated heterocycles. The fourth-order valence-corrected chi connectivity index (χ4v) is 4.07. The molecule has 2 aliphatic heterocycles. The van der Waals surface area contributed by atoms with Crippen molar-refractivity contribution in [3.63, 3.8) is 0 Å². The summed E-state index contributed by atoms with van der Waals surface area (Å²) < 4.78 is 29.4. The molecule has 1 saturated carbocycles. The van der Waals surface area contributed by atoms with E-state index in [4.69, 9.17) is 6.11 Å². The van der Waals surface area contributed by atoms with E-state index < -0.39 is 0 Å². The number of carbonyl (C=O) groups is 1. The third-order valence-electron chi connectivity index (χ3n) is 5.50. The van der Waals surface area contributed by atoms with Gasteiger partial charge in [-0.15, -0.1) is 0 Å². The Morgan fingerprint density at radius 1 is 1.39 bits per heavy atom. The standard InChI is InChI=1S/C21H21FN4O2/c1-28-11-14-10-25(12-24-14)19-8-18-15-4-5-17(22)21(13-2-3-13)16(15)6-7-26(18)20(27)9-23-19/h4-5,8,10,12-13H,2-3,6-7,9,11H2,1H3/i12D. The van der Waals surface area contributed by atoms with Gasteiger partial charge >= 0.3 is 0 Å². The molecule has 1 fully saturated rings. The van der Waals surface area contributed by atoms with E-state index >= 15 is 0 Å². The van der Waals surface area contributed by atoms with Crippen molar-refractivity contribution in [3.8, 4) is 0 Å². The molecule has 5 rings (SSSR count). The predicted molar refractivity (Wildman–Crippen MR) is 102 cm³/mol. The van der Waals surface area contributed by atoms with E-state index in [0.717, 1.165) is 35.2 Å². The first-order valence-corrected chi connectivity index (χ1v) is 9.49. The Labute approximate surface area is 163 Å². The van der Waals surface area contributed by atoms with Crippen LogP contribution in [0.4, 0.5) is 4.39 Å². The Morgan fingerprint density at radius 2 is 2.25 bits per heavy atom. The Morgan fingerprint density at radius 3 is 3.04 bits per heavy atom. The van der Waals surface area contributed by atoms with Crippen LogP contribution in [-0.2, 0) is 22.6 Å². The molecule has 0 spiro atoms. The lowest BCUT2D eigenvalue weighted by Crippen LogP contribution is -2.36. The maximum Gasteiger partial charge on any atom is 0.248 e. The second-order valence-electron chi connectivity index (χ2n) is 7.40. The quantitative estimate of drug-likeness (QED) is 0.821. The zero-order valence-corrected chi connectivity index (χ0v) is 15.6. The van der Waals surface area contributed by atoms with Gasteiger partial charge in [0.05, 0.1) is 18.0 Å². The van der Waals surface area contributed by atoms with Crippen LogP contribution in [0.1, 0.15) is 42.5 Å². The van der Waals surface area contributed by atoms with E-state index in [-0.39, 0.29) is 30.5 Å². The van der Waals surface area contributed by atoms with Crippen molar-refractivity contribution in [2.45, 2.75) is 31.8 Å². The van der Waals surface area contributed by atoms with Gasteiger partial charge in [-0.2, -0.15) is 0 Å². The minimum absolute atomic E-state index is 0.00141. The molecule has 6 nitrogen and oxygen atoms in total. The topological polar surface area (TPSA) is 59.7 Å². The van der Waals surface area contributed by atoms with E-state index in [1.54, 1.807) is 28.8 Å². The average Bonchev–Trinajstić information content (AvgIpc) is 3.49. The molecule has 3 heterocycles. The van der Waals surface area contributed by atoms with E-state index in [1.807, 2.05) is 6.08 Å². The van der Waals surface area contributed by atoms with Crippen LogP contribution < -0.4 is 0 Å². The number of methoxy groups -OCH3 is 1. The zero-order valence-electron chi connectivity index (χ0n) is 16.6. The number of aromatic nitrogens is 2. The van der Waals surface area contributed by atoms with Crippen molar-refractivity contribution < 1.29 is 15.3 Å². The first-order valence-electron chi connectivity index (χ1n) is 9.99. The van der Waals surface area contributed by atoms with Crippen LogP contribution in [0.2, 0.25) is 0 Å². The summed E-state index contributed by atoms with van der Waals surface area (Å²) in [5, 5.41) is 0. The summed E-state index contributed by atoms with van der Waals surface area (Å²) >= 11 is 0. The Kier molecular flexibility index (Phi) is 3.85. The molecule has 7 heteroatoms. The molecular weight excluding hydrogens is 359 g/mol. The minimum atomic E-state index is -0.151. The number of nitrogens with zero attached hydrogens (tertiary/aromatic N) is 4. The molecule has 144 valence electrons.